The van der Waals surface area contributed by atoms with E-state index in [1.54, 1.807) is 0 Å². The van der Waals surface area contributed by atoms with Crippen LogP contribution in [0.25, 0.3) is 10.8 Å². The van der Waals surface area contributed by atoms with Crippen LogP contribution in [-0.4, -0.2) is 50.3 Å². The standard InChI is InChI=1S/C53H63N2O4PSi.BrH/c1-39(2)48(38-60(44-26-14-10-15-27-44,45-28-16-11-17-29-45)37-41-34-35-42-24-22-23-25-43(42)36-41)54-50(56)49(55-51(57)58-52(4,5)6)40(3)59-61(53(7,8)9,46-30-18-12-19-31-46)47-32-20-13-21-33-47;/h10-36,39-40,48-49H,37-38H2,1-9H3,(H-,54,55,56,57);1H/t40-,48-,49?;/m1./s1. The summed E-state index contributed by atoms with van der Waals surface area (Å²) in [7, 11) is -5.40. The van der Waals surface area contributed by atoms with Gasteiger partial charge in [0, 0.05) is 0 Å². The molecule has 0 aliphatic rings. The van der Waals surface area contributed by atoms with Crippen LogP contribution in [0.15, 0.2) is 164 Å². The highest BCUT2D eigenvalue weighted by Gasteiger charge is 2.53. The molecule has 0 spiro atoms. The van der Waals surface area contributed by atoms with Crippen molar-refractivity contribution in [3.63, 3.8) is 0 Å². The zero-order valence-electron chi connectivity index (χ0n) is 37.8. The highest BCUT2D eigenvalue weighted by molar-refractivity contribution is 7.88. The number of nitrogens with one attached hydrogen (secondary N) is 2. The van der Waals surface area contributed by atoms with Gasteiger partial charge in [0.25, 0.3) is 8.32 Å². The zero-order valence-corrected chi connectivity index (χ0v) is 41.3. The van der Waals surface area contributed by atoms with Gasteiger partial charge in [0.1, 0.15) is 11.6 Å². The number of rotatable bonds is 15. The van der Waals surface area contributed by atoms with Crippen molar-refractivity contribution in [2.24, 2.45) is 5.92 Å². The first-order valence-electron chi connectivity index (χ1n) is 21.6. The Labute approximate surface area is 382 Å². The number of hydrogen-bond donors (Lipinski definition) is 2. The van der Waals surface area contributed by atoms with Gasteiger partial charge in [0.2, 0.25) is 5.91 Å². The van der Waals surface area contributed by atoms with E-state index in [0.29, 0.717) is 6.16 Å². The maximum atomic E-state index is 15.2. The maximum Gasteiger partial charge on any atom is 0.408 e. The number of ether oxygens (including phenoxy) is 1. The van der Waals surface area contributed by atoms with Crippen LogP contribution >= 0.6 is 7.26 Å². The smallest absolute Gasteiger partial charge is 0.408 e. The summed E-state index contributed by atoms with van der Waals surface area (Å²) < 4.78 is 13.3. The van der Waals surface area contributed by atoms with E-state index in [2.05, 4.69) is 173 Å². The van der Waals surface area contributed by atoms with Crippen molar-refractivity contribution in [1.29, 1.82) is 0 Å². The summed E-state index contributed by atoms with van der Waals surface area (Å²) >= 11 is 0. The van der Waals surface area contributed by atoms with Gasteiger partial charge in [0.05, 0.1) is 42.3 Å². The van der Waals surface area contributed by atoms with E-state index >= 15 is 4.79 Å². The van der Waals surface area contributed by atoms with E-state index in [-0.39, 0.29) is 39.9 Å². The second-order valence-corrected chi connectivity index (χ2v) is 26.5. The van der Waals surface area contributed by atoms with Gasteiger partial charge in [-0.15, -0.1) is 0 Å². The topological polar surface area (TPSA) is 76.7 Å². The monoisotopic (exact) mass is 930 g/mol. The van der Waals surface area contributed by atoms with Gasteiger partial charge in [-0.1, -0.05) is 168 Å². The molecule has 6 aromatic carbocycles. The second kappa shape index (κ2) is 20.7. The molecule has 0 aliphatic carbocycles. The minimum Gasteiger partial charge on any atom is -1.00 e. The summed E-state index contributed by atoms with van der Waals surface area (Å²) in [4.78, 5) is 29.0. The number of amides is 2. The van der Waals surface area contributed by atoms with Gasteiger partial charge < -0.3 is 36.8 Å². The highest BCUT2D eigenvalue weighted by atomic mass is 79.9. The Balaban J connectivity index is 0.00000726. The van der Waals surface area contributed by atoms with Gasteiger partial charge >= 0.3 is 6.09 Å². The number of benzene rings is 6. The summed E-state index contributed by atoms with van der Waals surface area (Å²) in [5.74, 6) is -0.248. The Morgan fingerprint density at radius 1 is 0.613 bits per heavy atom. The number of alkyl carbamates (subject to hydrolysis) is 1. The molecule has 6 nitrogen and oxygen atoms in total. The Kier molecular flexibility index (Phi) is 16.2. The van der Waals surface area contributed by atoms with Gasteiger partial charge in [0.15, 0.2) is 0 Å². The van der Waals surface area contributed by atoms with Crippen LogP contribution in [-0.2, 0) is 20.1 Å². The molecule has 0 aliphatic heterocycles. The van der Waals surface area contributed by atoms with Crippen molar-refractivity contribution in [2.45, 2.75) is 97.3 Å². The van der Waals surface area contributed by atoms with Crippen molar-refractivity contribution < 1.29 is 35.7 Å². The van der Waals surface area contributed by atoms with Crippen molar-refractivity contribution >= 4 is 59.3 Å². The minimum absolute atomic E-state index is 0. The summed E-state index contributed by atoms with van der Waals surface area (Å²) in [6, 6.07) is 56.4. The van der Waals surface area contributed by atoms with E-state index in [9.17, 15) is 4.79 Å². The summed E-state index contributed by atoms with van der Waals surface area (Å²) in [5, 5.41) is 13.3. The van der Waals surface area contributed by atoms with Crippen LogP contribution < -0.4 is 48.6 Å². The van der Waals surface area contributed by atoms with Gasteiger partial charge in [-0.3, -0.25) is 4.79 Å². The normalized spacial score (nSPS) is 13.7. The maximum absolute atomic E-state index is 15.2. The lowest BCUT2D eigenvalue weighted by Gasteiger charge is -2.45. The Morgan fingerprint density at radius 3 is 1.55 bits per heavy atom. The van der Waals surface area contributed by atoms with E-state index in [1.807, 2.05) is 64.1 Å². The fraction of sp³-hybridized carbons (Fsp3) is 0.321. The lowest BCUT2D eigenvalue weighted by atomic mass is 10.0. The fourth-order valence-corrected chi connectivity index (χ4v) is 18.0. The summed E-state index contributed by atoms with van der Waals surface area (Å²) in [6.07, 6.45) is 0.114. The van der Waals surface area contributed by atoms with Crippen molar-refractivity contribution in [1.82, 2.24) is 10.6 Å². The molecule has 0 bridgehead atoms. The second-order valence-electron chi connectivity index (χ2n) is 18.6. The number of carbonyl (C=O) groups excluding carboxylic acids is 2. The molecular weight excluding hydrogens is 868 g/mol. The third kappa shape index (κ3) is 11.3. The predicted octanol–water partition coefficient (Wildman–Crippen LogP) is 7.01. The summed E-state index contributed by atoms with van der Waals surface area (Å²) in [6.45, 7) is 18.4. The van der Waals surface area contributed by atoms with Crippen LogP contribution in [0, 0.1) is 5.92 Å². The molecule has 1 unspecified atom stereocenters. The van der Waals surface area contributed by atoms with Crippen LogP contribution in [0.5, 0.6) is 0 Å². The van der Waals surface area contributed by atoms with Crippen LogP contribution in [0.1, 0.15) is 67.9 Å². The molecule has 0 heterocycles. The van der Waals surface area contributed by atoms with Crippen LogP contribution in [0.2, 0.25) is 5.04 Å². The SMILES string of the molecule is CC(C)[C@@H](C[P+](Cc1ccc2ccccc2c1)(c1ccccc1)c1ccccc1)NC(=O)C(NC(=O)OC(C)(C)C)[C@@H](C)O[Si](c1ccccc1)(c1ccccc1)C(C)(C)C.[Br-]. The molecule has 326 valence electrons. The third-order valence-corrected chi connectivity index (χ3v) is 21.2. The third-order valence-electron chi connectivity index (χ3n) is 11.6. The first-order chi connectivity index (χ1) is 29.0. The Morgan fingerprint density at radius 2 is 1.08 bits per heavy atom. The number of fused-ring (bicyclic) bond motifs is 1. The summed E-state index contributed by atoms with van der Waals surface area (Å²) in [5.41, 5.74) is 0.483. The molecule has 3 atom stereocenters. The van der Waals surface area contributed by atoms with Crippen molar-refractivity contribution in [2.75, 3.05) is 6.16 Å². The largest absolute Gasteiger partial charge is 1.00 e. The molecule has 9 heteroatoms. The molecule has 0 saturated carbocycles. The number of carbonyl (C=O) groups is 2. The molecule has 6 aromatic rings. The van der Waals surface area contributed by atoms with E-state index in [0.717, 1.165) is 16.5 Å². The quantitative estimate of drug-likeness (QED) is 0.0860. The number of halogens is 1. The zero-order chi connectivity index (χ0) is 43.8. The fourth-order valence-electron chi connectivity index (χ4n) is 8.58. The van der Waals surface area contributed by atoms with E-state index in [4.69, 9.17) is 9.16 Å². The van der Waals surface area contributed by atoms with Gasteiger partial charge in [-0.05, 0) is 95.7 Å². The van der Waals surface area contributed by atoms with Crippen LogP contribution in [0.4, 0.5) is 4.79 Å². The lowest BCUT2D eigenvalue weighted by Crippen LogP contribution is -3.00. The lowest BCUT2D eigenvalue weighted by molar-refractivity contribution is -0.126. The molecule has 2 N–H and O–H groups in total. The molecule has 0 radical (unpaired) electrons. The molecule has 0 aromatic heterocycles. The van der Waals surface area contributed by atoms with Gasteiger partial charge in [-0.25, -0.2) is 4.79 Å². The predicted molar refractivity (Wildman–Crippen MR) is 260 cm³/mol. The Bertz CT molecular complexity index is 2270. The van der Waals surface area contributed by atoms with E-state index in [1.165, 1.54) is 26.9 Å². The van der Waals surface area contributed by atoms with Crippen LogP contribution in [0.3, 0.4) is 0 Å². The molecule has 0 saturated heterocycles. The van der Waals surface area contributed by atoms with E-state index < -0.39 is 39.4 Å². The average Bonchev–Trinajstić information content (AvgIpc) is 3.24. The highest BCUT2D eigenvalue weighted by Crippen LogP contribution is 2.60. The minimum atomic E-state index is -3.14. The number of hydrogen-bond acceptors (Lipinski definition) is 4. The van der Waals surface area contributed by atoms with Gasteiger partial charge in [-0.2, -0.15) is 0 Å². The molecule has 2 amide bonds. The molecule has 62 heavy (non-hydrogen) atoms. The molecule has 0 fully saturated rings. The Hall–Kier alpha value is -4.59. The average molecular weight is 932 g/mol. The first-order valence-corrected chi connectivity index (χ1v) is 25.6. The molecular formula is C53H64BrN2O4PSi. The van der Waals surface area contributed by atoms with Crippen molar-refractivity contribution in [3.8, 4) is 0 Å². The first kappa shape index (κ1) is 48.4. The molecule has 6 rings (SSSR count). The van der Waals surface area contributed by atoms with Crippen molar-refractivity contribution in [3.05, 3.63) is 169 Å².